The van der Waals surface area contributed by atoms with Gasteiger partial charge >= 0.3 is 52.4 Å². The summed E-state index contributed by atoms with van der Waals surface area (Å²) in [5, 5.41) is 0.536. The maximum absolute atomic E-state index is 10.6. The van der Waals surface area contributed by atoms with Crippen molar-refractivity contribution in [1.29, 1.82) is 0 Å². The van der Waals surface area contributed by atoms with Crippen molar-refractivity contribution in [3.05, 3.63) is 0 Å². The molecule has 2 nitrogen and oxygen atoms in total. The molecule has 50 valence electrons. The Morgan fingerprint density at radius 3 is 2.25 bits per heavy atom. The molecule has 8 heavy (non-hydrogen) atoms. The van der Waals surface area contributed by atoms with Crippen molar-refractivity contribution in [2.75, 3.05) is 0 Å². The molecule has 0 aliphatic rings. The predicted octanol–water partition coefficient (Wildman–Crippen LogP) is 1.28. The van der Waals surface area contributed by atoms with Gasteiger partial charge in [0, 0.05) is 0 Å². The Hall–Kier alpha value is 0.318. The molecule has 0 aromatic heterocycles. The standard InChI is InChI=1S/C5H13AsO2/c1-3-4-5-6(2,7)8/h3-5H2,1-2H3,(H,7,8). The van der Waals surface area contributed by atoms with Gasteiger partial charge in [-0.15, -0.1) is 0 Å². The zero-order valence-electron chi connectivity index (χ0n) is 5.42. The van der Waals surface area contributed by atoms with Crippen LogP contribution in [0.25, 0.3) is 0 Å². The summed E-state index contributed by atoms with van der Waals surface area (Å²) in [5.41, 5.74) is 1.47. The number of unbranched alkanes of at least 4 members (excludes halogenated alkanes) is 1. The van der Waals surface area contributed by atoms with Gasteiger partial charge in [0.15, 0.2) is 0 Å². The molecule has 0 saturated carbocycles. The summed E-state index contributed by atoms with van der Waals surface area (Å²) >= 11 is -3.22. The van der Waals surface area contributed by atoms with Gasteiger partial charge < -0.3 is 0 Å². The Labute approximate surface area is 52.9 Å². The van der Waals surface area contributed by atoms with Crippen molar-refractivity contribution in [3.63, 3.8) is 0 Å². The van der Waals surface area contributed by atoms with E-state index in [1.165, 1.54) is 5.71 Å². The first-order valence-corrected chi connectivity index (χ1v) is 7.66. The molecule has 1 atom stereocenters. The van der Waals surface area contributed by atoms with Crippen molar-refractivity contribution in [2.45, 2.75) is 30.7 Å². The second kappa shape index (κ2) is 3.36. The van der Waals surface area contributed by atoms with Crippen molar-refractivity contribution in [1.82, 2.24) is 0 Å². The first kappa shape index (κ1) is 8.32. The average molecular weight is 180 g/mol. The van der Waals surface area contributed by atoms with Crippen LogP contribution in [0.4, 0.5) is 0 Å². The molecule has 0 bridgehead atoms. The van der Waals surface area contributed by atoms with Crippen LogP contribution in [0.15, 0.2) is 0 Å². The van der Waals surface area contributed by atoms with E-state index in [0.717, 1.165) is 12.8 Å². The topological polar surface area (TPSA) is 37.3 Å². The van der Waals surface area contributed by atoms with Crippen molar-refractivity contribution in [2.24, 2.45) is 0 Å². The first-order chi connectivity index (χ1) is 3.56. The molecular weight excluding hydrogens is 167 g/mol. The molecular formula is C5H13AsO2. The van der Waals surface area contributed by atoms with E-state index >= 15 is 0 Å². The normalized spacial score (nSPS) is 17.9. The second-order valence-corrected chi connectivity index (χ2v) is 7.48. The Bertz CT molecular complexity index is 94.6. The van der Waals surface area contributed by atoms with E-state index in [1.807, 2.05) is 6.92 Å². The van der Waals surface area contributed by atoms with Crippen LogP contribution in [0, 0.1) is 0 Å². The van der Waals surface area contributed by atoms with Crippen LogP contribution in [-0.2, 0) is 3.74 Å². The van der Waals surface area contributed by atoms with Crippen molar-refractivity contribution in [3.8, 4) is 0 Å². The van der Waals surface area contributed by atoms with E-state index in [4.69, 9.17) is 4.10 Å². The number of rotatable bonds is 3. The third kappa shape index (κ3) is 6.32. The summed E-state index contributed by atoms with van der Waals surface area (Å²) in [5.74, 6) is 0. The number of hydrogen-bond acceptors (Lipinski definition) is 1. The quantitative estimate of drug-likeness (QED) is 0.664. The maximum atomic E-state index is 10.6. The van der Waals surface area contributed by atoms with E-state index < -0.39 is 13.8 Å². The summed E-state index contributed by atoms with van der Waals surface area (Å²) in [6, 6.07) is 0. The average Bonchev–Trinajstić information content (AvgIpc) is 1.59. The Morgan fingerprint density at radius 1 is 1.62 bits per heavy atom. The Balaban J connectivity index is 3.26. The minimum absolute atomic E-state index is 0.536. The summed E-state index contributed by atoms with van der Waals surface area (Å²) in [4.78, 5) is 0. The Kier molecular flexibility index (Phi) is 3.50. The fourth-order valence-electron chi connectivity index (χ4n) is 0.451. The Morgan fingerprint density at radius 2 is 2.12 bits per heavy atom. The summed E-state index contributed by atoms with van der Waals surface area (Å²) in [6.45, 7) is 2.02. The van der Waals surface area contributed by atoms with Crippen LogP contribution in [0.5, 0.6) is 0 Å². The summed E-state index contributed by atoms with van der Waals surface area (Å²) in [6.07, 6.45) is 1.91. The van der Waals surface area contributed by atoms with Crippen LogP contribution in [0.3, 0.4) is 0 Å². The fraction of sp³-hybridized carbons (Fsp3) is 1.00. The number of hydrogen-bond donors (Lipinski definition) is 1. The molecule has 0 radical (unpaired) electrons. The molecule has 0 saturated heterocycles. The zero-order valence-corrected chi connectivity index (χ0v) is 7.30. The minimum atomic E-state index is -3.22. The SMILES string of the molecule is CCCC[As](C)(=O)O. The van der Waals surface area contributed by atoms with Gasteiger partial charge in [-0.05, 0) is 0 Å². The molecule has 0 aromatic carbocycles. The van der Waals surface area contributed by atoms with Gasteiger partial charge in [0.1, 0.15) is 0 Å². The van der Waals surface area contributed by atoms with E-state index in [0.29, 0.717) is 5.21 Å². The van der Waals surface area contributed by atoms with E-state index in [-0.39, 0.29) is 0 Å². The molecule has 0 spiro atoms. The second-order valence-electron chi connectivity index (χ2n) is 2.13. The van der Waals surface area contributed by atoms with Crippen molar-refractivity contribution < 1.29 is 7.84 Å². The molecule has 0 aromatic rings. The predicted molar refractivity (Wildman–Crippen MR) is 34.2 cm³/mol. The first-order valence-electron chi connectivity index (χ1n) is 2.85. The van der Waals surface area contributed by atoms with Crippen LogP contribution >= 0.6 is 0 Å². The summed E-state index contributed by atoms with van der Waals surface area (Å²) < 4.78 is 19.4. The molecule has 0 fully saturated rings. The van der Waals surface area contributed by atoms with Crippen molar-refractivity contribution >= 4 is 13.8 Å². The van der Waals surface area contributed by atoms with E-state index in [2.05, 4.69) is 0 Å². The van der Waals surface area contributed by atoms with Gasteiger partial charge in [-0.3, -0.25) is 0 Å². The van der Waals surface area contributed by atoms with Gasteiger partial charge in [0.25, 0.3) is 0 Å². The van der Waals surface area contributed by atoms with Gasteiger partial charge in [-0.1, -0.05) is 0 Å². The molecule has 0 amide bonds. The van der Waals surface area contributed by atoms with Crippen LogP contribution in [0.1, 0.15) is 19.8 Å². The molecule has 0 aliphatic heterocycles. The van der Waals surface area contributed by atoms with Gasteiger partial charge in [-0.2, -0.15) is 0 Å². The van der Waals surface area contributed by atoms with Crippen LogP contribution in [-0.4, -0.2) is 17.9 Å². The monoisotopic (exact) mass is 180 g/mol. The third-order valence-electron chi connectivity index (χ3n) is 0.927. The van der Waals surface area contributed by atoms with E-state index in [9.17, 15) is 3.74 Å². The zero-order chi connectivity index (χ0) is 6.62. The molecule has 0 aliphatic carbocycles. The van der Waals surface area contributed by atoms with E-state index in [1.54, 1.807) is 0 Å². The third-order valence-corrected chi connectivity index (χ3v) is 3.33. The molecule has 3 heteroatoms. The molecule has 0 rings (SSSR count). The van der Waals surface area contributed by atoms with Crippen LogP contribution in [0.2, 0.25) is 10.9 Å². The molecule has 0 heterocycles. The molecule has 1 unspecified atom stereocenters. The summed E-state index contributed by atoms with van der Waals surface area (Å²) in [7, 11) is 0. The van der Waals surface area contributed by atoms with Crippen LogP contribution < -0.4 is 0 Å². The van der Waals surface area contributed by atoms with Gasteiger partial charge in [0.05, 0.1) is 0 Å². The molecule has 1 N–H and O–H groups in total. The fourth-order valence-corrected chi connectivity index (χ4v) is 2.35. The van der Waals surface area contributed by atoms with Gasteiger partial charge in [0.2, 0.25) is 0 Å². The van der Waals surface area contributed by atoms with Gasteiger partial charge in [-0.25, -0.2) is 0 Å².